The van der Waals surface area contributed by atoms with Crippen LogP contribution in [0.25, 0.3) is 0 Å². The minimum Gasteiger partial charge on any atom is -0.492 e. The molecule has 0 atom stereocenters. The van der Waals surface area contributed by atoms with Crippen LogP contribution >= 0.6 is 11.6 Å². The highest BCUT2D eigenvalue weighted by atomic mass is 35.5. The van der Waals surface area contributed by atoms with Gasteiger partial charge in [-0.05, 0) is 18.2 Å². The lowest BCUT2D eigenvalue weighted by Crippen LogP contribution is -2.09. The molecule has 0 aromatic heterocycles. The molecule has 1 rings (SSSR count). The Hall–Kier alpha value is -0.970. The summed E-state index contributed by atoms with van der Waals surface area (Å²) in [5.41, 5.74) is -1.34. The van der Waals surface area contributed by atoms with Crippen LogP contribution in [0.2, 0.25) is 0 Å². The molecule has 0 saturated heterocycles. The number of ether oxygens (including phenoxy) is 1. The fourth-order valence-electron chi connectivity index (χ4n) is 0.968. The quantitative estimate of drug-likeness (QED) is 0.583. The third-order valence-electron chi connectivity index (χ3n) is 1.59. The molecule has 0 radical (unpaired) electrons. The van der Waals surface area contributed by atoms with Crippen molar-refractivity contribution in [2.45, 2.75) is 6.18 Å². The molecule has 0 N–H and O–H groups in total. The number of hydrogen-bond donors (Lipinski definition) is 0. The molecule has 0 aliphatic heterocycles. The molecule has 84 valence electrons. The molecule has 0 aliphatic carbocycles. The molecule has 6 heteroatoms. The van der Waals surface area contributed by atoms with Crippen molar-refractivity contribution in [1.29, 1.82) is 0 Å². The molecule has 15 heavy (non-hydrogen) atoms. The van der Waals surface area contributed by atoms with Gasteiger partial charge in [-0.15, -0.1) is 11.6 Å². The van der Waals surface area contributed by atoms with E-state index in [1.165, 1.54) is 0 Å². The summed E-state index contributed by atoms with van der Waals surface area (Å²) in [5.74, 6) is -1.22. The van der Waals surface area contributed by atoms with Crippen molar-refractivity contribution in [1.82, 2.24) is 0 Å². The van der Waals surface area contributed by atoms with Crippen LogP contribution in [-0.2, 0) is 6.18 Å². The zero-order valence-corrected chi connectivity index (χ0v) is 8.20. The minimum absolute atomic E-state index is 0.0515. The van der Waals surface area contributed by atoms with Gasteiger partial charge in [0.1, 0.15) is 18.2 Å². The third-order valence-corrected chi connectivity index (χ3v) is 1.74. The highest BCUT2D eigenvalue weighted by molar-refractivity contribution is 6.17. The Morgan fingerprint density at radius 2 is 1.93 bits per heavy atom. The predicted octanol–water partition coefficient (Wildman–Crippen LogP) is 3.46. The number of benzene rings is 1. The molecule has 0 unspecified atom stereocenters. The highest BCUT2D eigenvalue weighted by Crippen LogP contribution is 2.33. The maximum atomic E-state index is 12.8. The molecule has 0 heterocycles. The van der Waals surface area contributed by atoms with Crippen molar-refractivity contribution in [3.8, 4) is 5.75 Å². The van der Waals surface area contributed by atoms with E-state index in [0.29, 0.717) is 12.1 Å². The molecule has 1 nitrogen and oxygen atoms in total. The predicted molar refractivity (Wildman–Crippen MR) is 47.6 cm³/mol. The monoisotopic (exact) mass is 242 g/mol. The summed E-state index contributed by atoms with van der Waals surface area (Å²) < 4.78 is 54.3. The average Bonchev–Trinajstić information content (AvgIpc) is 2.15. The summed E-state index contributed by atoms with van der Waals surface area (Å²) in [7, 11) is 0. The standard InChI is InChI=1S/C9H7ClF4O/c10-3-4-15-6-1-2-8(11)7(5-6)9(12,13)14/h1-2,5H,3-4H2. The molecule has 1 aromatic rings. The van der Waals surface area contributed by atoms with E-state index >= 15 is 0 Å². The van der Waals surface area contributed by atoms with Crippen molar-refractivity contribution < 1.29 is 22.3 Å². The highest BCUT2D eigenvalue weighted by Gasteiger charge is 2.34. The second kappa shape index (κ2) is 4.70. The second-order valence-corrected chi connectivity index (χ2v) is 3.05. The topological polar surface area (TPSA) is 9.23 Å². The molecule has 0 spiro atoms. The van der Waals surface area contributed by atoms with E-state index in [9.17, 15) is 17.6 Å². The molecule has 0 bridgehead atoms. The molecule has 0 aliphatic rings. The van der Waals surface area contributed by atoms with E-state index in [1.807, 2.05) is 0 Å². The van der Waals surface area contributed by atoms with Gasteiger partial charge in [-0.3, -0.25) is 0 Å². The van der Waals surface area contributed by atoms with Crippen LogP contribution in [0.15, 0.2) is 18.2 Å². The van der Waals surface area contributed by atoms with E-state index in [1.54, 1.807) is 0 Å². The Labute approximate surface area is 88.6 Å². The van der Waals surface area contributed by atoms with Gasteiger partial charge in [-0.2, -0.15) is 13.2 Å². The molecule has 1 aromatic carbocycles. The maximum Gasteiger partial charge on any atom is 0.419 e. The van der Waals surface area contributed by atoms with E-state index in [2.05, 4.69) is 0 Å². The van der Waals surface area contributed by atoms with Crippen LogP contribution in [0.4, 0.5) is 17.6 Å². The van der Waals surface area contributed by atoms with Gasteiger partial charge < -0.3 is 4.74 Å². The van der Waals surface area contributed by atoms with E-state index in [0.717, 1.165) is 6.07 Å². The number of hydrogen-bond acceptors (Lipinski definition) is 1. The number of halogens is 5. The van der Waals surface area contributed by atoms with Gasteiger partial charge in [0.2, 0.25) is 0 Å². The van der Waals surface area contributed by atoms with Crippen molar-refractivity contribution in [3.05, 3.63) is 29.6 Å². The number of alkyl halides is 4. The Kier molecular flexibility index (Phi) is 3.79. The Morgan fingerprint density at radius 3 is 2.47 bits per heavy atom. The molecular weight excluding hydrogens is 236 g/mol. The van der Waals surface area contributed by atoms with Gasteiger partial charge in [0.05, 0.1) is 11.4 Å². The Balaban J connectivity index is 2.95. The first-order chi connectivity index (χ1) is 6.95. The van der Waals surface area contributed by atoms with Crippen molar-refractivity contribution >= 4 is 11.6 Å². The Morgan fingerprint density at radius 1 is 1.27 bits per heavy atom. The third kappa shape index (κ3) is 3.27. The van der Waals surface area contributed by atoms with Gasteiger partial charge in [0, 0.05) is 0 Å². The zero-order valence-electron chi connectivity index (χ0n) is 7.44. The fourth-order valence-corrected chi connectivity index (χ4v) is 1.04. The van der Waals surface area contributed by atoms with Gasteiger partial charge in [-0.1, -0.05) is 0 Å². The largest absolute Gasteiger partial charge is 0.492 e. The molecule has 0 saturated carbocycles. The van der Waals surface area contributed by atoms with E-state index < -0.39 is 17.6 Å². The van der Waals surface area contributed by atoms with E-state index in [4.69, 9.17) is 16.3 Å². The van der Waals surface area contributed by atoms with Crippen LogP contribution < -0.4 is 4.74 Å². The Bertz CT molecular complexity index is 337. The lowest BCUT2D eigenvalue weighted by Gasteiger charge is -2.10. The van der Waals surface area contributed by atoms with Crippen LogP contribution in [0.1, 0.15) is 5.56 Å². The van der Waals surface area contributed by atoms with Gasteiger partial charge in [0.25, 0.3) is 0 Å². The molecular formula is C9H7ClF4O. The van der Waals surface area contributed by atoms with Gasteiger partial charge >= 0.3 is 6.18 Å². The maximum absolute atomic E-state index is 12.8. The van der Waals surface area contributed by atoms with E-state index in [-0.39, 0.29) is 18.2 Å². The first kappa shape index (κ1) is 12.1. The van der Waals surface area contributed by atoms with Crippen molar-refractivity contribution in [3.63, 3.8) is 0 Å². The fraction of sp³-hybridized carbons (Fsp3) is 0.333. The van der Waals surface area contributed by atoms with Crippen molar-refractivity contribution in [2.24, 2.45) is 0 Å². The van der Waals surface area contributed by atoms with Gasteiger partial charge in [0.15, 0.2) is 0 Å². The summed E-state index contributed by atoms with van der Waals surface area (Å²) in [5, 5.41) is 0. The lowest BCUT2D eigenvalue weighted by atomic mass is 10.2. The summed E-state index contributed by atoms with van der Waals surface area (Å²) in [4.78, 5) is 0. The summed E-state index contributed by atoms with van der Waals surface area (Å²) in [6.45, 7) is 0.0739. The van der Waals surface area contributed by atoms with Crippen LogP contribution in [0, 0.1) is 5.82 Å². The SMILES string of the molecule is Fc1ccc(OCCCl)cc1C(F)(F)F. The summed E-state index contributed by atoms with van der Waals surface area (Å²) in [6.07, 6.45) is -4.72. The van der Waals surface area contributed by atoms with Crippen LogP contribution in [0.5, 0.6) is 5.75 Å². The van der Waals surface area contributed by atoms with Crippen molar-refractivity contribution in [2.75, 3.05) is 12.5 Å². The van der Waals surface area contributed by atoms with Crippen LogP contribution in [-0.4, -0.2) is 12.5 Å². The first-order valence-corrected chi connectivity index (χ1v) is 4.54. The summed E-state index contributed by atoms with van der Waals surface area (Å²) in [6, 6.07) is 2.45. The average molecular weight is 243 g/mol. The summed E-state index contributed by atoms with van der Waals surface area (Å²) >= 11 is 5.29. The van der Waals surface area contributed by atoms with Crippen LogP contribution in [0.3, 0.4) is 0 Å². The number of rotatable bonds is 3. The zero-order chi connectivity index (χ0) is 11.5. The molecule has 0 amide bonds. The smallest absolute Gasteiger partial charge is 0.419 e. The first-order valence-electron chi connectivity index (χ1n) is 4.00. The second-order valence-electron chi connectivity index (χ2n) is 2.68. The van der Waals surface area contributed by atoms with Gasteiger partial charge in [-0.25, -0.2) is 4.39 Å². The normalized spacial score (nSPS) is 11.5. The lowest BCUT2D eigenvalue weighted by molar-refractivity contribution is -0.140. The molecule has 0 fully saturated rings. The minimum atomic E-state index is -4.72.